The number of hydrogen-bond acceptors (Lipinski definition) is 4. The van der Waals surface area contributed by atoms with Crippen LogP contribution in [0.25, 0.3) is 11.0 Å². The van der Waals surface area contributed by atoms with Gasteiger partial charge < -0.3 is 24.8 Å². The van der Waals surface area contributed by atoms with E-state index in [9.17, 15) is 9.59 Å². The van der Waals surface area contributed by atoms with Crippen LogP contribution in [0.4, 0.5) is 5.69 Å². The van der Waals surface area contributed by atoms with Crippen molar-refractivity contribution in [1.29, 1.82) is 0 Å². The minimum absolute atomic E-state index is 0.291. The van der Waals surface area contributed by atoms with Crippen molar-refractivity contribution in [3.8, 4) is 11.5 Å². The molecule has 1 heterocycles. The minimum Gasteiger partial charge on any atom is -0.497 e. The fraction of sp³-hybridized carbons (Fsp3) is 0.125. The molecule has 1 amide bonds. The fourth-order valence-corrected chi connectivity index (χ4v) is 2.29. The molecule has 0 aliphatic carbocycles. The maximum Gasteiger partial charge on any atom is 0.323 e. The average molecular weight is 313 g/mol. The average Bonchev–Trinajstić information content (AvgIpc) is 2.93. The number of methoxy groups -OCH3 is 2. The van der Waals surface area contributed by atoms with Gasteiger partial charge in [0, 0.05) is 11.8 Å². The summed E-state index contributed by atoms with van der Waals surface area (Å²) in [6.07, 6.45) is 0. The van der Waals surface area contributed by atoms with Crippen LogP contribution in [0.1, 0.15) is 10.4 Å². The first-order valence-electron chi connectivity index (χ1n) is 6.86. The molecule has 118 valence electrons. The highest BCUT2D eigenvalue weighted by Gasteiger charge is 2.14. The molecule has 7 nitrogen and oxygen atoms in total. The second-order valence-electron chi connectivity index (χ2n) is 4.86. The van der Waals surface area contributed by atoms with Gasteiger partial charge in [-0.05, 0) is 30.3 Å². The second kappa shape index (κ2) is 5.88. The van der Waals surface area contributed by atoms with Crippen LogP contribution in [-0.4, -0.2) is 30.1 Å². The summed E-state index contributed by atoms with van der Waals surface area (Å²) in [5.74, 6) is 0.699. The molecule has 0 atom stereocenters. The van der Waals surface area contributed by atoms with Gasteiger partial charge in [0.25, 0.3) is 5.91 Å². The van der Waals surface area contributed by atoms with Crippen molar-refractivity contribution in [2.24, 2.45) is 0 Å². The number of carbonyl (C=O) groups is 1. The molecule has 0 saturated carbocycles. The van der Waals surface area contributed by atoms with Crippen LogP contribution < -0.4 is 20.5 Å². The largest absolute Gasteiger partial charge is 0.497 e. The summed E-state index contributed by atoms with van der Waals surface area (Å²) in [7, 11) is 3.03. The van der Waals surface area contributed by atoms with Crippen LogP contribution in [0, 0.1) is 0 Å². The first kappa shape index (κ1) is 14.7. The van der Waals surface area contributed by atoms with Crippen molar-refractivity contribution in [3.05, 3.63) is 52.4 Å². The Hall–Kier alpha value is -3.22. The number of rotatable bonds is 4. The number of nitrogens with one attached hydrogen (secondary N) is 3. The Balaban J connectivity index is 1.89. The lowest BCUT2D eigenvalue weighted by Gasteiger charge is -2.11. The molecule has 0 spiro atoms. The highest BCUT2D eigenvalue weighted by molar-refractivity contribution is 6.06. The van der Waals surface area contributed by atoms with Gasteiger partial charge in [-0.3, -0.25) is 4.79 Å². The van der Waals surface area contributed by atoms with E-state index in [0.717, 1.165) is 0 Å². The Bertz CT molecular complexity index is 926. The third-order valence-electron chi connectivity index (χ3n) is 3.43. The second-order valence-corrected chi connectivity index (χ2v) is 4.86. The summed E-state index contributed by atoms with van der Waals surface area (Å²) in [6, 6.07) is 10.1. The van der Waals surface area contributed by atoms with Crippen LogP contribution >= 0.6 is 0 Å². The molecule has 3 N–H and O–H groups in total. The van der Waals surface area contributed by atoms with E-state index in [1.807, 2.05) is 0 Å². The molecule has 0 radical (unpaired) electrons. The van der Waals surface area contributed by atoms with E-state index in [2.05, 4.69) is 15.3 Å². The van der Waals surface area contributed by atoms with E-state index in [0.29, 0.717) is 33.8 Å². The monoisotopic (exact) mass is 313 g/mol. The molecular weight excluding hydrogens is 298 g/mol. The highest BCUT2D eigenvalue weighted by atomic mass is 16.5. The van der Waals surface area contributed by atoms with Crippen molar-refractivity contribution in [2.45, 2.75) is 0 Å². The van der Waals surface area contributed by atoms with Gasteiger partial charge in [0.1, 0.15) is 11.5 Å². The van der Waals surface area contributed by atoms with Gasteiger partial charge in [-0.15, -0.1) is 0 Å². The first-order chi connectivity index (χ1) is 11.1. The molecule has 3 aromatic rings. The maximum atomic E-state index is 12.4. The molecule has 0 unspecified atom stereocenters. The van der Waals surface area contributed by atoms with Crippen LogP contribution in [0.5, 0.6) is 11.5 Å². The van der Waals surface area contributed by atoms with E-state index < -0.39 is 0 Å². The lowest BCUT2D eigenvalue weighted by atomic mass is 10.1. The van der Waals surface area contributed by atoms with Gasteiger partial charge in [0.15, 0.2) is 0 Å². The molecule has 1 aromatic heterocycles. The van der Waals surface area contributed by atoms with Crippen LogP contribution in [-0.2, 0) is 0 Å². The molecule has 0 bridgehead atoms. The number of H-pyrrole nitrogens is 2. The maximum absolute atomic E-state index is 12.4. The summed E-state index contributed by atoms with van der Waals surface area (Å²) in [5, 5.41) is 2.78. The third kappa shape index (κ3) is 2.89. The number of aromatic amines is 2. The molecule has 0 fully saturated rings. The van der Waals surface area contributed by atoms with Gasteiger partial charge in [-0.25, -0.2) is 4.79 Å². The predicted octanol–water partition coefficient (Wildman–Crippen LogP) is 2.13. The molecule has 0 aliphatic rings. The lowest BCUT2D eigenvalue weighted by Crippen LogP contribution is -2.13. The number of aromatic nitrogens is 2. The van der Waals surface area contributed by atoms with Gasteiger partial charge in [0.2, 0.25) is 0 Å². The summed E-state index contributed by atoms with van der Waals surface area (Å²) in [4.78, 5) is 29.0. The Labute approximate surface area is 131 Å². The Morgan fingerprint density at radius 2 is 1.78 bits per heavy atom. The van der Waals surface area contributed by atoms with Crippen molar-refractivity contribution < 1.29 is 14.3 Å². The number of imidazole rings is 1. The summed E-state index contributed by atoms with van der Waals surface area (Å²) < 4.78 is 10.3. The van der Waals surface area contributed by atoms with E-state index >= 15 is 0 Å². The normalized spacial score (nSPS) is 10.5. The molecule has 3 rings (SSSR count). The van der Waals surface area contributed by atoms with Gasteiger partial charge in [-0.1, -0.05) is 0 Å². The summed E-state index contributed by atoms with van der Waals surface area (Å²) in [6.45, 7) is 0. The Morgan fingerprint density at radius 3 is 2.52 bits per heavy atom. The van der Waals surface area contributed by atoms with Crippen molar-refractivity contribution >= 4 is 22.6 Å². The van der Waals surface area contributed by atoms with Gasteiger partial charge in [-0.2, -0.15) is 0 Å². The number of benzene rings is 2. The number of amides is 1. The minimum atomic E-state index is -0.318. The SMILES string of the molecule is COc1ccc(C(=O)Nc2ccc3[nH]c(=O)[nH]c3c2)c(OC)c1. The summed E-state index contributed by atoms with van der Waals surface area (Å²) >= 11 is 0. The van der Waals surface area contributed by atoms with Gasteiger partial charge in [0.05, 0.1) is 30.8 Å². The van der Waals surface area contributed by atoms with Crippen LogP contribution in [0.2, 0.25) is 0 Å². The standard InChI is InChI=1S/C16H15N3O4/c1-22-10-4-5-11(14(8-10)23-2)15(20)17-9-3-6-12-13(7-9)19-16(21)18-12/h3-8H,1-2H3,(H,17,20)(H2,18,19,21). The number of hydrogen-bond donors (Lipinski definition) is 3. The lowest BCUT2D eigenvalue weighted by molar-refractivity contribution is 0.102. The van der Waals surface area contributed by atoms with Gasteiger partial charge >= 0.3 is 5.69 Å². The highest BCUT2D eigenvalue weighted by Crippen LogP contribution is 2.25. The number of anilines is 1. The Morgan fingerprint density at radius 1 is 1.00 bits per heavy atom. The van der Waals surface area contributed by atoms with E-state index in [1.54, 1.807) is 43.5 Å². The fourth-order valence-electron chi connectivity index (χ4n) is 2.29. The zero-order valence-electron chi connectivity index (χ0n) is 12.6. The van der Waals surface area contributed by atoms with Crippen molar-refractivity contribution in [1.82, 2.24) is 9.97 Å². The number of ether oxygens (including phenoxy) is 2. The number of carbonyl (C=O) groups excluding carboxylic acids is 1. The zero-order chi connectivity index (χ0) is 16.4. The van der Waals surface area contributed by atoms with Crippen molar-refractivity contribution in [2.75, 3.05) is 19.5 Å². The van der Waals surface area contributed by atoms with Crippen LogP contribution in [0.3, 0.4) is 0 Å². The predicted molar refractivity (Wildman–Crippen MR) is 86.4 cm³/mol. The third-order valence-corrected chi connectivity index (χ3v) is 3.43. The molecule has 23 heavy (non-hydrogen) atoms. The van der Waals surface area contributed by atoms with E-state index in [-0.39, 0.29) is 11.6 Å². The van der Waals surface area contributed by atoms with E-state index in [1.165, 1.54) is 7.11 Å². The molecule has 0 aliphatic heterocycles. The first-order valence-corrected chi connectivity index (χ1v) is 6.86. The van der Waals surface area contributed by atoms with Crippen LogP contribution in [0.15, 0.2) is 41.2 Å². The molecule has 2 aromatic carbocycles. The molecule has 0 saturated heterocycles. The molecule has 7 heteroatoms. The van der Waals surface area contributed by atoms with Crippen molar-refractivity contribution in [3.63, 3.8) is 0 Å². The smallest absolute Gasteiger partial charge is 0.323 e. The Kier molecular flexibility index (Phi) is 3.76. The quantitative estimate of drug-likeness (QED) is 0.687. The molecular formula is C16H15N3O4. The topological polar surface area (TPSA) is 96.2 Å². The van der Waals surface area contributed by atoms with E-state index in [4.69, 9.17) is 9.47 Å². The summed E-state index contributed by atoms with van der Waals surface area (Å²) in [5.41, 5.74) is 1.96. The zero-order valence-corrected chi connectivity index (χ0v) is 12.6. The number of fused-ring (bicyclic) bond motifs is 1.